The summed E-state index contributed by atoms with van der Waals surface area (Å²) in [7, 11) is 0. The van der Waals surface area contributed by atoms with E-state index in [4.69, 9.17) is 5.11 Å². The predicted molar refractivity (Wildman–Crippen MR) is 74.3 cm³/mol. The number of carbonyl (C=O) groups is 2. The van der Waals surface area contributed by atoms with Gasteiger partial charge in [-0.3, -0.25) is 9.59 Å². The molecule has 2 saturated carbocycles. The highest BCUT2D eigenvalue weighted by atomic mass is 19.1. The highest BCUT2D eigenvalue weighted by Gasteiger charge is 2.54. The number of benzene rings is 1. The molecule has 2 aliphatic carbocycles. The van der Waals surface area contributed by atoms with Gasteiger partial charge in [0, 0.05) is 12.6 Å². The average Bonchev–Trinajstić information content (AvgIpc) is 3.33. The van der Waals surface area contributed by atoms with Crippen molar-refractivity contribution in [2.45, 2.75) is 43.6 Å². The number of carboxylic acid groups (broad SMARTS) is 1. The summed E-state index contributed by atoms with van der Waals surface area (Å²) in [5.74, 6) is -1.19. The molecule has 0 atom stereocenters. The van der Waals surface area contributed by atoms with Gasteiger partial charge in [-0.2, -0.15) is 0 Å². The Balaban J connectivity index is 1.78. The van der Waals surface area contributed by atoms with E-state index >= 15 is 0 Å². The van der Waals surface area contributed by atoms with Crippen LogP contribution in [0.1, 0.15) is 37.7 Å². The molecule has 21 heavy (non-hydrogen) atoms. The fourth-order valence-electron chi connectivity index (χ4n) is 2.85. The monoisotopic (exact) mass is 291 g/mol. The summed E-state index contributed by atoms with van der Waals surface area (Å²) >= 11 is 0. The normalized spacial score (nSPS) is 19.1. The van der Waals surface area contributed by atoms with Crippen LogP contribution in [0.4, 0.5) is 4.39 Å². The third-order valence-corrected chi connectivity index (χ3v) is 4.37. The first-order valence-electron chi connectivity index (χ1n) is 7.32. The molecule has 3 rings (SSSR count). The highest BCUT2D eigenvalue weighted by Crippen LogP contribution is 2.50. The number of hydrogen-bond donors (Lipinski definition) is 1. The van der Waals surface area contributed by atoms with Gasteiger partial charge in [-0.1, -0.05) is 12.1 Å². The van der Waals surface area contributed by atoms with E-state index in [1.54, 1.807) is 17.0 Å². The third-order valence-electron chi connectivity index (χ3n) is 4.37. The molecule has 0 heterocycles. The van der Waals surface area contributed by atoms with Gasteiger partial charge in [0.15, 0.2) is 0 Å². The van der Waals surface area contributed by atoms with E-state index in [2.05, 4.69) is 0 Å². The van der Waals surface area contributed by atoms with Crippen LogP contribution < -0.4 is 0 Å². The Morgan fingerprint density at radius 1 is 1.24 bits per heavy atom. The van der Waals surface area contributed by atoms with Crippen molar-refractivity contribution in [3.63, 3.8) is 0 Å². The number of halogens is 1. The first-order valence-corrected chi connectivity index (χ1v) is 7.32. The maximum Gasteiger partial charge on any atom is 0.305 e. The maximum absolute atomic E-state index is 13.0. The molecule has 0 radical (unpaired) electrons. The standard InChI is InChI=1S/C16H18FNO3/c17-12-3-1-11(2-4-12)16(8-9-16)15(21)18(13-5-6-13)10-7-14(19)20/h1-4,13H,5-10H2,(H,19,20). The lowest BCUT2D eigenvalue weighted by Gasteiger charge is -2.27. The quantitative estimate of drug-likeness (QED) is 0.875. The lowest BCUT2D eigenvalue weighted by molar-refractivity contribution is -0.139. The number of hydrogen-bond acceptors (Lipinski definition) is 2. The van der Waals surface area contributed by atoms with Crippen molar-refractivity contribution < 1.29 is 19.1 Å². The summed E-state index contributed by atoms with van der Waals surface area (Å²) in [4.78, 5) is 25.3. The molecule has 0 unspecified atom stereocenters. The summed E-state index contributed by atoms with van der Waals surface area (Å²) in [6.07, 6.45) is 3.39. The van der Waals surface area contributed by atoms with Crippen LogP contribution >= 0.6 is 0 Å². The fraction of sp³-hybridized carbons (Fsp3) is 0.500. The molecule has 1 amide bonds. The van der Waals surface area contributed by atoms with E-state index in [1.165, 1.54) is 12.1 Å². The van der Waals surface area contributed by atoms with E-state index in [-0.39, 0.29) is 30.7 Å². The van der Waals surface area contributed by atoms with Crippen molar-refractivity contribution in [1.82, 2.24) is 4.90 Å². The van der Waals surface area contributed by atoms with Crippen molar-refractivity contribution >= 4 is 11.9 Å². The molecule has 0 spiro atoms. The van der Waals surface area contributed by atoms with Crippen molar-refractivity contribution in [3.8, 4) is 0 Å². The zero-order valence-electron chi connectivity index (χ0n) is 11.7. The third kappa shape index (κ3) is 2.77. The summed E-state index contributed by atoms with van der Waals surface area (Å²) in [6.45, 7) is 0.266. The highest BCUT2D eigenvalue weighted by molar-refractivity contribution is 5.92. The molecule has 4 nitrogen and oxygen atoms in total. The predicted octanol–water partition coefficient (Wildman–Crippen LogP) is 2.32. The van der Waals surface area contributed by atoms with Crippen molar-refractivity contribution in [2.75, 3.05) is 6.54 Å². The van der Waals surface area contributed by atoms with Gasteiger partial charge in [0.1, 0.15) is 5.82 Å². The Hall–Kier alpha value is -1.91. The summed E-state index contributed by atoms with van der Waals surface area (Å²) in [5, 5.41) is 8.83. The van der Waals surface area contributed by atoms with Crippen LogP contribution in [0.2, 0.25) is 0 Å². The molecule has 1 aromatic rings. The van der Waals surface area contributed by atoms with Crippen molar-refractivity contribution in [3.05, 3.63) is 35.6 Å². The lowest BCUT2D eigenvalue weighted by Crippen LogP contribution is -2.42. The summed E-state index contributed by atoms with van der Waals surface area (Å²) in [6, 6.07) is 6.28. The van der Waals surface area contributed by atoms with Crippen LogP contribution in [-0.2, 0) is 15.0 Å². The van der Waals surface area contributed by atoms with E-state index in [1.807, 2.05) is 0 Å². The number of carbonyl (C=O) groups excluding carboxylic acids is 1. The Morgan fingerprint density at radius 3 is 2.33 bits per heavy atom. The van der Waals surface area contributed by atoms with Gasteiger partial charge in [-0.25, -0.2) is 4.39 Å². The van der Waals surface area contributed by atoms with Crippen molar-refractivity contribution in [1.29, 1.82) is 0 Å². The number of aliphatic carboxylic acids is 1. The van der Waals surface area contributed by atoms with E-state index in [0.717, 1.165) is 31.2 Å². The SMILES string of the molecule is O=C(O)CCN(C(=O)C1(c2ccc(F)cc2)CC1)C1CC1. The molecule has 0 aliphatic heterocycles. The zero-order chi connectivity index (χ0) is 15.0. The van der Waals surface area contributed by atoms with Gasteiger partial charge >= 0.3 is 5.97 Å². The number of rotatable bonds is 6. The van der Waals surface area contributed by atoms with Gasteiger partial charge in [0.25, 0.3) is 0 Å². The topological polar surface area (TPSA) is 57.6 Å². The largest absolute Gasteiger partial charge is 0.481 e. The van der Waals surface area contributed by atoms with E-state index in [9.17, 15) is 14.0 Å². The van der Waals surface area contributed by atoms with Crippen LogP contribution in [0.15, 0.2) is 24.3 Å². The van der Waals surface area contributed by atoms with Crippen LogP contribution in [0, 0.1) is 5.82 Å². The minimum atomic E-state index is -0.889. The summed E-state index contributed by atoms with van der Waals surface area (Å²) in [5.41, 5.74) is 0.296. The minimum Gasteiger partial charge on any atom is -0.481 e. The van der Waals surface area contributed by atoms with Gasteiger partial charge in [0.2, 0.25) is 5.91 Å². The zero-order valence-corrected chi connectivity index (χ0v) is 11.7. The van der Waals surface area contributed by atoms with E-state index < -0.39 is 11.4 Å². The molecule has 2 fully saturated rings. The number of amides is 1. The average molecular weight is 291 g/mol. The Bertz CT molecular complexity index is 561. The molecule has 2 aliphatic rings. The van der Waals surface area contributed by atoms with Gasteiger partial charge in [-0.05, 0) is 43.4 Å². The van der Waals surface area contributed by atoms with Gasteiger partial charge < -0.3 is 10.0 Å². The fourth-order valence-corrected chi connectivity index (χ4v) is 2.85. The second-order valence-electron chi connectivity index (χ2n) is 5.96. The molecule has 5 heteroatoms. The second kappa shape index (κ2) is 5.13. The molecule has 0 aromatic heterocycles. The Kier molecular flexibility index (Phi) is 3.43. The first-order chi connectivity index (χ1) is 10.0. The van der Waals surface area contributed by atoms with Gasteiger partial charge in [-0.15, -0.1) is 0 Å². The summed E-state index contributed by atoms with van der Waals surface area (Å²) < 4.78 is 13.0. The first kappa shape index (κ1) is 14.0. The van der Waals surface area contributed by atoms with Crippen LogP contribution in [0.5, 0.6) is 0 Å². The molecule has 1 N–H and O–H groups in total. The van der Waals surface area contributed by atoms with Crippen LogP contribution in [-0.4, -0.2) is 34.5 Å². The Labute approximate surface area is 122 Å². The van der Waals surface area contributed by atoms with Crippen molar-refractivity contribution in [2.24, 2.45) is 0 Å². The van der Waals surface area contributed by atoms with Crippen LogP contribution in [0.25, 0.3) is 0 Å². The minimum absolute atomic E-state index is 0.0119. The van der Waals surface area contributed by atoms with E-state index in [0.29, 0.717) is 0 Å². The molecular weight excluding hydrogens is 273 g/mol. The smallest absolute Gasteiger partial charge is 0.305 e. The number of carboxylic acids is 1. The second-order valence-corrected chi connectivity index (χ2v) is 5.96. The number of nitrogens with zero attached hydrogens (tertiary/aromatic N) is 1. The van der Waals surface area contributed by atoms with Crippen LogP contribution in [0.3, 0.4) is 0 Å². The lowest BCUT2D eigenvalue weighted by atomic mass is 9.94. The maximum atomic E-state index is 13.0. The molecule has 0 bridgehead atoms. The molecule has 1 aromatic carbocycles. The Morgan fingerprint density at radius 2 is 1.86 bits per heavy atom. The van der Waals surface area contributed by atoms with Gasteiger partial charge in [0.05, 0.1) is 11.8 Å². The molecule has 0 saturated heterocycles. The molecule has 112 valence electrons. The molecular formula is C16H18FNO3.